The van der Waals surface area contributed by atoms with Gasteiger partial charge in [0.05, 0.1) is 24.1 Å². The Morgan fingerprint density at radius 1 is 1.59 bits per heavy atom. The minimum absolute atomic E-state index is 0.0198. The number of terminal acetylenes is 1. The maximum atomic E-state index is 5.78. The van der Waals surface area contributed by atoms with Crippen molar-refractivity contribution >= 4 is 5.69 Å². The van der Waals surface area contributed by atoms with Crippen LogP contribution in [-0.4, -0.2) is 18.1 Å². The minimum atomic E-state index is -0.0198. The van der Waals surface area contributed by atoms with E-state index in [1.54, 1.807) is 0 Å². The van der Waals surface area contributed by atoms with Crippen molar-refractivity contribution in [2.45, 2.75) is 25.8 Å². The average Bonchev–Trinajstić information content (AvgIpc) is 3.13. The number of hydrogen-bond acceptors (Lipinski definition) is 3. The molecule has 1 aliphatic rings. The van der Waals surface area contributed by atoms with Gasteiger partial charge in [-0.1, -0.05) is 5.92 Å². The highest BCUT2D eigenvalue weighted by atomic mass is 15.1. The number of anilines is 1. The number of aromatic nitrogens is 1. The van der Waals surface area contributed by atoms with Crippen molar-refractivity contribution in [3.63, 3.8) is 0 Å². The molecule has 0 saturated heterocycles. The van der Waals surface area contributed by atoms with Gasteiger partial charge in [-0.15, -0.1) is 6.42 Å². The van der Waals surface area contributed by atoms with Gasteiger partial charge in [-0.05, 0) is 37.8 Å². The molecule has 1 aliphatic carbocycles. The third kappa shape index (κ3) is 3.21. The van der Waals surface area contributed by atoms with Crippen LogP contribution >= 0.6 is 0 Å². The van der Waals surface area contributed by atoms with Gasteiger partial charge in [0.1, 0.15) is 0 Å². The van der Waals surface area contributed by atoms with Crippen molar-refractivity contribution in [2.75, 3.05) is 18.0 Å². The van der Waals surface area contributed by atoms with E-state index in [2.05, 4.69) is 21.9 Å². The summed E-state index contributed by atoms with van der Waals surface area (Å²) in [5.74, 6) is 3.53. The molecule has 2 N–H and O–H groups in total. The van der Waals surface area contributed by atoms with Gasteiger partial charge in [-0.3, -0.25) is 4.98 Å². The van der Waals surface area contributed by atoms with Gasteiger partial charge in [-0.2, -0.15) is 0 Å². The molecule has 0 unspecified atom stereocenters. The van der Waals surface area contributed by atoms with Crippen LogP contribution in [-0.2, 0) is 0 Å². The minimum Gasteiger partial charge on any atom is -0.359 e. The predicted octanol–water partition coefficient (Wildman–Crippen LogP) is 1.95. The molecule has 0 bridgehead atoms. The summed E-state index contributed by atoms with van der Waals surface area (Å²) in [7, 11) is 0. The van der Waals surface area contributed by atoms with E-state index in [-0.39, 0.29) is 6.04 Å². The van der Waals surface area contributed by atoms with Crippen molar-refractivity contribution in [3.8, 4) is 12.3 Å². The third-order valence-corrected chi connectivity index (χ3v) is 3.06. The molecule has 0 amide bonds. The molecule has 1 heterocycles. The van der Waals surface area contributed by atoms with Crippen molar-refractivity contribution in [1.82, 2.24) is 4.98 Å². The van der Waals surface area contributed by atoms with Crippen LogP contribution in [0.4, 0.5) is 5.69 Å². The summed E-state index contributed by atoms with van der Waals surface area (Å²) < 4.78 is 0. The molecule has 3 heteroatoms. The van der Waals surface area contributed by atoms with Crippen LogP contribution in [0.3, 0.4) is 0 Å². The van der Waals surface area contributed by atoms with Crippen LogP contribution in [0.15, 0.2) is 18.3 Å². The standard InChI is InChI=1S/C14H19N3/c1-3-8-17(10-12-4-5-12)13-6-7-14(11(2)15)16-9-13/h1,6-7,9,11-12H,4-5,8,10,15H2,2H3/t11-/m1/s1. The van der Waals surface area contributed by atoms with E-state index in [4.69, 9.17) is 12.2 Å². The summed E-state index contributed by atoms with van der Waals surface area (Å²) in [4.78, 5) is 6.59. The molecule has 1 fully saturated rings. The Bertz CT molecular complexity index is 398. The van der Waals surface area contributed by atoms with Gasteiger partial charge in [0.25, 0.3) is 0 Å². The number of nitrogens with zero attached hydrogens (tertiary/aromatic N) is 2. The molecule has 2 rings (SSSR count). The molecule has 3 nitrogen and oxygen atoms in total. The molecule has 17 heavy (non-hydrogen) atoms. The summed E-state index contributed by atoms with van der Waals surface area (Å²) >= 11 is 0. The molecule has 0 aromatic carbocycles. The van der Waals surface area contributed by atoms with Gasteiger partial charge in [-0.25, -0.2) is 0 Å². The van der Waals surface area contributed by atoms with Crippen LogP contribution in [0, 0.1) is 18.3 Å². The fourth-order valence-electron chi connectivity index (χ4n) is 1.84. The fraction of sp³-hybridized carbons (Fsp3) is 0.500. The number of pyridine rings is 1. The SMILES string of the molecule is C#CCN(CC1CC1)c1ccc([C@@H](C)N)nc1. The Kier molecular flexibility index (Phi) is 3.65. The molecule has 0 aliphatic heterocycles. The number of nitrogens with two attached hydrogens (primary N) is 1. The Morgan fingerprint density at radius 3 is 2.82 bits per heavy atom. The maximum absolute atomic E-state index is 5.78. The highest BCUT2D eigenvalue weighted by molar-refractivity contribution is 5.46. The zero-order valence-electron chi connectivity index (χ0n) is 10.3. The van der Waals surface area contributed by atoms with Gasteiger partial charge in [0, 0.05) is 12.6 Å². The number of hydrogen-bond donors (Lipinski definition) is 1. The second-order valence-electron chi connectivity index (χ2n) is 4.76. The molecular weight excluding hydrogens is 210 g/mol. The van der Waals surface area contributed by atoms with E-state index >= 15 is 0 Å². The summed E-state index contributed by atoms with van der Waals surface area (Å²) in [6.07, 6.45) is 9.93. The lowest BCUT2D eigenvalue weighted by Gasteiger charge is -2.22. The Hall–Kier alpha value is -1.53. The zero-order valence-corrected chi connectivity index (χ0v) is 10.3. The maximum Gasteiger partial charge on any atom is 0.0792 e. The van der Waals surface area contributed by atoms with Crippen LogP contribution in [0.5, 0.6) is 0 Å². The van der Waals surface area contributed by atoms with Gasteiger partial charge >= 0.3 is 0 Å². The smallest absolute Gasteiger partial charge is 0.0792 e. The second kappa shape index (κ2) is 5.20. The molecule has 90 valence electrons. The predicted molar refractivity (Wildman–Crippen MR) is 70.6 cm³/mol. The lowest BCUT2D eigenvalue weighted by molar-refractivity contribution is 0.754. The van der Waals surface area contributed by atoms with E-state index in [0.29, 0.717) is 6.54 Å². The van der Waals surface area contributed by atoms with Crippen molar-refractivity contribution < 1.29 is 0 Å². The van der Waals surface area contributed by atoms with E-state index in [0.717, 1.165) is 23.8 Å². The molecule has 1 aromatic rings. The second-order valence-corrected chi connectivity index (χ2v) is 4.76. The van der Waals surface area contributed by atoms with Crippen LogP contribution in [0.25, 0.3) is 0 Å². The molecule has 0 radical (unpaired) electrons. The van der Waals surface area contributed by atoms with Gasteiger partial charge < -0.3 is 10.6 Å². The first-order valence-electron chi connectivity index (χ1n) is 6.10. The van der Waals surface area contributed by atoms with Crippen LogP contribution in [0.2, 0.25) is 0 Å². The molecule has 0 spiro atoms. The molecule has 1 atom stereocenters. The fourth-order valence-corrected chi connectivity index (χ4v) is 1.84. The summed E-state index contributed by atoms with van der Waals surface area (Å²) in [5.41, 5.74) is 7.79. The normalized spacial score (nSPS) is 16.3. The first-order valence-corrected chi connectivity index (χ1v) is 6.10. The summed E-state index contributed by atoms with van der Waals surface area (Å²) in [5, 5.41) is 0. The molecule has 1 aromatic heterocycles. The highest BCUT2D eigenvalue weighted by Crippen LogP contribution is 2.31. The molecule has 1 saturated carbocycles. The van der Waals surface area contributed by atoms with Crippen LogP contribution in [0.1, 0.15) is 31.5 Å². The van der Waals surface area contributed by atoms with E-state index in [1.165, 1.54) is 12.8 Å². The van der Waals surface area contributed by atoms with E-state index < -0.39 is 0 Å². The zero-order chi connectivity index (χ0) is 12.3. The largest absolute Gasteiger partial charge is 0.359 e. The van der Waals surface area contributed by atoms with Gasteiger partial charge in [0.15, 0.2) is 0 Å². The first-order chi connectivity index (χ1) is 8.20. The van der Waals surface area contributed by atoms with E-state index in [1.807, 2.05) is 19.2 Å². The third-order valence-electron chi connectivity index (χ3n) is 3.06. The lowest BCUT2D eigenvalue weighted by Crippen LogP contribution is -2.26. The first kappa shape index (κ1) is 11.9. The van der Waals surface area contributed by atoms with Crippen molar-refractivity contribution in [2.24, 2.45) is 11.7 Å². The summed E-state index contributed by atoms with van der Waals surface area (Å²) in [6, 6.07) is 4.02. The Balaban J connectivity index is 2.08. The monoisotopic (exact) mass is 229 g/mol. The van der Waals surface area contributed by atoms with Crippen molar-refractivity contribution in [1.29, 1.82) is 0 Å². The van der Waals surface area contributed by atoms with Crippen LogP contribution < -0.4 is 10.6 Å². The molecular formula is C14H19N3. The summed E-state index contributed by atoms with van der Waals surface area (Å²) in [6.45, 7) is 3.63. The highest BCUT2D eigenvalue weighted by Gasteiger charge is 2.24. The number of rotatable bonds is 5. The Morgan fingerprint density at radius 2 is 2.35 bits per heavy atom. The van der Waals surface area contributed by atoms with Crippen molar-refractivity contribution in [3.05, 3.63) is 24.0 Å². The quantitative estimate of drug-likeness (QED) is 0.785. The average molecular weight is 229 g/mol. The lowest BCUT2D eigenvalue weighted by atomic mass is 10.2. The topological polar surface area (TPSA) is 42.1 Å². The van der Waals surface area contributed by atoms with E-state index in [9.17, 15) is 0 Å². The Labute approximate surface area is 103 Å². The van der Waals surface area contributed by atoms with Gasteiger partial charge in [0.2, 0.25) is 0 Å².